The second-order valence-electron chi connectivity index (χ2n) is 7.06. The maximum Gasteiger partial charge on any atom is 0.262 e. The standard InChI is InChI=1S/C18H23F2N3O/c1-12-7-16(24-2)15(14-3-4-21-17(12)14)10-22-5-6-23-11-18(19,20)8-13(23)9-22/h3-4,7,13,21H,5-6,8-11H2,1-2H3. The van der Waals surface area contributed by atoms with E-state index in [1.165, 1.54) is 0 Å². The minimum atomic E-state index is -2.53. The Labute approximate surface area is 140 Å². The van der Waals surface area contributed by atoms with Gasteiger partial charge in [-0.1, -0.05) is 0 Å². The summed E-state index contributed by atoms with van der Waals surface area (Å²) in [6, 6.07) is 4.08. The number of benzene rings is 1. The van der Waals surface area contributed by atoms with Crippen LogP contribution < -0.4 is 4.74 Å². The quantitative estimate of drug-likeness (QED) is 0.936. The van der Waals surface area contributed by atoms with Gasteiger partial charge in [0.15, 0.2) is 0 Å². The number of hydrogen-bond donors (Lipinski definition) is 1. The number of piperazine rings is 1. The Balaban J connectivity index is 1.59. The first-order valence-electron chi connectivity index (χ1n) is 8.44. The van der Waals surface area contributed by atoms with E-state index >= 15 is 0 Å². The van der Waals surface area contributed by atoms with Crippen LogP contribution in [0.2, 0.25) is 0 Å². The minimum absolute atomic E-state index is 0.0197. The topological polar surface area (TPSA) is 31.5 Å². The summed E-state index contributed by atoms with van der Waals surface area (Å²) in [5, 5.41) is 1.16. The SMILES string of the molecule is COc1cc(C)c2[nH]ccc2c1CN1CCN2CC(F)(F)CC2C1. The van der Waals surface area contributed by atoms with Crippen molar-refractivity contribution in [1.29, 1.82) is 0 Å². The molecule has 0 radical (unpaired) electrons. The fourth-order valence-electron chi connectivity index (χ4n) is 4.21. The Hall–Kier alpha value is -1.66. The lowest BCUT2D eigenvalue weighted by molar-refractivity contribution is 0.0119. The molecule has 4 rings (SSSR count). The van der Waals surface area contributed by atoms with Crippen molar-refractivity contribution in [2.24, 2.45) is 0 Å². The van der Waals surface area contributed by atoms with Crippen molar-refractivity contribution in [1.82, 2.24) is 14.8 Å². The zero-order chi connectivity index (χ0) is 16.9. The van der Waals surface area contributed by atoms with Gasteiger partial charge in [0.2, 0.25) is 0 Å². The number of methoxy groups -OCH3 is 1. The van der Waals surface area contributed by atoms with E-state index < -0.39 is 5.92 Å². The fraction of sp³-hybridized carbons (Fsp3) is 0.556. The highest BCUT2D eigenvalue weighted by Gasteiger charge is 2.46. The summed E-state index contributed by atoms with van der Waals surface area (Å²) in [5.41, 5.74) is 3.41. The first-order chi connectivity index (χ1) is 11.5. The molecule has 2 aliphatic heterocycles. The highest BCUT2D eigenvalue weighted by atomic mass is 19.3. The number of rotatable bonds is 3. The molecule has 6 heteroatoms. The van der Waals surface area contributed by atoms with Crippen LogP contribution >= 0.6 is 0 Å². The molecule has 1 unspecified atom stereocenters. The number of aromatic nitrogens is 1. The van der Waals surface area contributed by atoms with E-state index in [1.807, 2.05) is 17.2 Å². The van der Waals surface area contributed by atoms with Crippen LogP contribution in [0.1, 0.15) is 17.5 Å². The number of hydrogen-bond acceptors (Lipinski definition) is 3. The molecule has 0 aliphatic carbocycles. The molecule has 4 nitrogen and oxygen atoms in total. The smallest absolute Gasteiger partial charge is 0.262 e. The van der Waals surface area contributed by atoms with Gasteiger partial charge in [-0.2, -0.15) is 0 Å². The summed E-state index contributed by atoms with van der Waals surface area (Å²) in [6.45, 7) is 4.93. The van der Waals surface area contributed by atoms with E-state index in [9.17, 15) is 8.78 Å². The van der Waals surface area contributed by atoms with Crippen LogP contribution in [0, 0.1) is 6.92 Å². The summed E-state index contributed by atoms with van der Waals surface area (Å²) in [6.07, 6.45) is 1.92. The highest BCUT2D eigenvalue weighted by Crippen LogP contribution is 2.36. The predicted molar refractivity (Wildman–Crippen MR) is 89.8 cm³/mol. The number of halogens is 2. The Kier molecular flexibility index (Phi) is 3.77. The van der Waals surface area contributed by atoms with E-state index in [0.29, 0.717) is 13.1 Å². The number of alkyl halides is 2. The van der Waals surface area contributed by atoms with Crippen molar-refractivity contribution >= 4 is 10.9 Å². The molecule has 2 fully saturated rings. The zero-order valence-electron chi connectivity index (χ0n) is 14.1. The molecule has 24 heavy (non-hydrogen) atoms. The molecule has 130 valence electrons. The van der Waals surface area contributed by atoms with Crippen LogP contribution in [0.15, 0.2) is 18.3 Å². The second-order valence-corrected chi connectivity index (χ2v) is 7.06. The van der Waals surface area contributed by atoms with Crippen LogP contribution in [-0.4, -0.2) is 60.0 Å². The maximum atomic E-state index is 13.6. The van der Waals surface area contributed by atoms with Gasteiger partial charge in [-0.15, -0.1) is 0 Å². The average molecular weight is 335 g/mol. The predicted octanol–water partition coefficient (Wildman–Crippen LogP) is 3.01. The van der Waals surface area contributed by atoms with Crippen LogP contribution in [0.3, 0.4) is 0 Å². The van der Waals surface area contributed by atoms with E-state index in [1.54, 1.807) is 7.11 Å². The molecule has 1 N–H and O–H groups in total. The first kappa shape index (κ1) is 15.8. The van der Waals surface area contributed by atoms with Gasteiger partial charge in [0.05, 0.1) is 13.7 Å². The third-order valence-corrected chi connectivity index (χ3v) is 5.37. The molecule has 0 amide bonds. The molecular weight excluding hydrogens is 312 g/mol. The number of aromatic amines is 1. The molecule has 0 spiro atoms. The van der Waals surface area contributed by atoms with Gasteiger partial charge in [-0.25, -0.2) is 8.78 Å². The fourth-order valence-corrected chi connectivity index (χ4v) is 4.21. The number of nitrogens with one attached hydrogen (secondary N) is 1. The molecule has 2 saturated heterocycles. The van der Waals surface area contributed by atoms with E-state index in [-0.39, 0.29) is 19.0 Å². The molecule has 1 aromatic carbocycles. The maximum absolute atomic E-state index is 13.6. The Morgan fingerprint density at radius 2 is 2.21 bits per heavy atom. The molecule has 2 aliphatic rings. The van der Waals surface area contributed by atoms with Crippen molar-refractivity contribution in [2.45, 2.75) is 31.9 Å². The van der Waals surface area contributed by atoms with Crippen molar-refractivity contribution < 1.29 is 13.5 Å². The van der Waals surface area contributed by atoms with Gasteiger partial charge < -0.3 is 9.72 Å². The van der Waals surface area contributed by atoms with Gasteiger partial charge in [0.1, 0.15) is 5.75 Å². The minimum Gasteiger partial charge on any atom is -0.496 e. The van der Waals surface area contributed by atoms with E-state index in [0.717, 1.165) is 40.9 Å². The summed E-state index contributed by atoms with van der Waals surface area (Å²) >= 11 is 0. The Morgan fingerprint density at radius 1 is 1.38 bits per heavy atom. The van der Waals surface area contributed by atoms with Crippen LogP contribution in [0.25, 0.3) is 10.9 Å². The number of nitrogens with zero attached hydrogens (tertiary/aromatic N) is 2. The van der Waals surface area contributed by atoms with E-state index in [4.69, 9.17) is 4.74 Å². The summed E-state index contributed by atoms with van der Waals surface area (Å²) in [4.78, 5) is 7.50. The highest BCUT2D eigenvalue weighted by molar-refractivity contribution is 5.88. The lowest BCUT2D eigenvalue weighted by Gasteiger charge is -2.37. The summed E-state index contributed by atoms with van der Waals surface area (Å²) in [7, 11) is 1.69. The van der Waals surface area contributed by atoms with Crippen LogP contribution in [-0.2, 0) is 6.54 Å². The van der Waals surface area contributed by atoms with Crippen LogP contribution in [0.4, 0.5) is 8.78 Å². The zero-order valence-corrected chi connectivity index (χ0v) is 14.1. The molecule has 1 aromatic heterocycles. The molecule has 1 atom stereocenters. The summed E-state index contributed by atoms with van der Waals surface area (Å²) in [5.74, 6) is -1.66. The summed E-state index contributed by atoms with van der Waals surface area (Å²) < 4.78 is 32.9. The number of H-pyrrole nitrogens is 1. The van der Waals surface area contributed by atoms with Crippen molar-refractivity contribution in [3.05, 3.63) is 29.5 Å². The van der Waals surface area contributed by atoms with Gasteiger partial charge in [-0.05, 0) is 24.6 Å². The average Bonchev–Trinajstić information content (AvgIpc) is 3.12. The van der Waals surface area contributed by atoms with Gasteiger partial charge in [-0.3, -0.25) is 9.80 Å². The van der Waals surface area contributed by atoms with Crippen molar-refractivity contribution in [2.75, 3.05) is 33.3 Å². The first-order valence-corrected chi connectivity index (χ1v) is 8.44. The largest absolute Gasteiger partial charge is 0.496 e. The normalized spacial score (nSPS) is 24.4. The number of fused-ring (bicyclic) bond motifs is 2. The Morgan fingerprint density at radius 3 is 3.00 bits per heavy atom. The lowest BCUT2D eigenvalue weighted by Crippen LogP contribution is -2.49. The molecule has 3 heterocycles. The van der Waals surface area contributed by atoms with Crippen molar-refractivity contribution in [3.63, 3.8) is 0 Å². The second kappa shape index (κ2) is 5.70. The number of aryl methyl sites for hydroxylation is 1. The number of ether oxygens (including phenoxy) is 1. The molecular formula is C18H23F2N3O. The van der Waals surface area contributed by atoms with Crippen LogP contribution in [0.5, 0.6) is 5.75 Å². The lowest BCUT2D eigenvalue weighted by atomic mass is 10.0. The van der Waals surface area contributed by atoms with Crippen molar-refractivity contribution in [3.8, 4) is 5.75 Å². The monoisotopic (exact) mass is 335 g/mol. The molecule has 0 saturated carbocycles. The van der Waals surface area contributed by atoms with Gasteiger partial charge >= 0.3 is 0 Å². The van der Waals surface area contributed by atoms with Gasteiger partial charge in [0.25, 0.3) is 5.92 Å². The van der Waals surface area contributed by atoms with E-state index in [2.05, 4.69) is 22.9 Å². The van der Waals surface area contributed by atoms with Gasteiger partial charge in [0, 0.05) is 61.3 Å². The molecule has 2 aromatic rings. The third kappa shape index (κ3) is 2.67. The Bertz CT molecular complexity index is 758. The third-order valence-electron chi connectivity index (χ3n) is 5.37. The molecule has 0 bridgehead atoms.